The Morgan fingerprint density at radius 1 is 0.931 bits per heavy atom. The van der Waals surface area contributed by atoms with E-state index in [0.29, 0.717) is 6.54 Å². The van der Waals surface area contributed by atoms with Crippen molar-refractivity contribution < 1.29 is 0 Å². The molecule has 9 heteroatoms. The molecule has 0 amide bonds. The van der Waals surface area contributed by atoms with Gasteiger partial charge in [-0.15, -0.1) is 0 Å². The van der Waals surface area contributed by atoms with Gasteiger partial charge in [-0.1, -0.05) is 35.4 Å². The first-order valence-electron chi connectivity index (χ1n) is 9.46. The van der Waals surface area contributed by atoms with Gasteiger partial charge in [0.15, 0.2) is 5.82 Å². The molecular weight excluding hydrogens is 366 g/mol. The predicted molar refractivity (Wildman–Crippen MR) is 108 cm³/mol. The maximum absolute atomic E-state index is 4.75. The van der Waals surface area contributed by atoms with Crippen molar-refractivity contribution >= 4 is 17.0 Å². The highest BCUT2D eigenvalue weighted by atomic mass is 15.6. The zero-order valence-corrected chi connectivity index (χ0v) is 15.5. The zero-order valence-electron chi connectivity index (χ0n) is 15.5. The van der Waals surface area contributed by atoms with E-state index in [9.17, 15) is 0 Å². The van der Waals surface area contributed by atoms with Crippen molar-refractivity contribution in [3.63, 3.8) is 0 Å². The first kappa shape index (κ1) is 16.0. The second-order valence-electron chi connectivity index (χ2n) is 6.99. The molecule has 29 heavy (non-hydrogen) atoms. The summed E-state index contributed by atoms with van der Waals surface area (Å²) in [5.41, 5.74) is 4.85. The molecule has 0 fully saturated rings. The number of nitrogens with one attached hydrogen (secondary N) is 1. The van der Waals surface area contributed by atoms with Crippen molar-refractivity contribution in [1.82, 2.24) is 40.0 Å². The zero-order chi connectivity index (χ0) is 19.2. The Labute approximate surface area is 165 Å². The Morgan fingerprint density at radius 3 is 2.69 bits per heavy atom. The van der Waals surface area contributed by atoms with Gasteiger partial charge in [-0.3, -0.25) is 4.68 Å². The Balaban J connectivity index is 1.32. The van der Waals surface area contributed by atoms with Gasteiger partial charge in [-0.25, -0.2) is 4.98 Å². The average molecular weight is 383 g/mol. The number of hydrogen-bond acceptors (Lipinski definition) is 6. The number of tetrazole rings is 1. The second-order valence-corrected chi connectivity index (χ2v) is 6.99. The van der Waals surface area contributed by atoms with Crippen molar-refractivity contribution in [2.45, 2.75) is 13.1 Å². The van der Waals surface area contributed by atoms with E-state index in [1.807, 2.05) is 59.3 Å². The molecule has 0 spiro atoms. The highest BCUT2D eigenvalue weighted by molar-refractivity contribution is 5.78. The van der Waals surface area contributed by atoms with Gasteiger partial charge in [0.05, 0.1) is 35.5 Å². The van der Waals surface area contributed by atoms with E-state index >= 15 is 0 Å². The first-order chi connectivity index (χ1) is 14.3. The van der Waals surface area contributed by atoms with Crippen LogP contribution in [0.15, 0.2) is 60.7 Å². The van der Waals surface area contributed by atoms with Crippen molar-refractivity contribution in [1.29, 1.82) is 0 Å². The van der Waals surface area contributed by atoms with Gasteiger partial charge >= 0.3 is 0 Å². The number of H-pyrrole nitrogens is 1. The summed E-state index contributed by atoms with van der Waals surface area (Å²) in [6.07, 6.45) is 0. The van der Waals surface area contributed by atoms with Crippen LogP contribution in [0.1, 0.15) is 5.69 Å². The molecule has 1 aliphatic rings. The Morgan fingerprint density at radius 2 is 1.79 bits per heavy atom. The summed E-state index contributed by atoms with van der Waals surface area (Å²) < 4.78 is 3.81. The summed E-state index contributed by atoms with van der Waals surface area (Å²) in [6, 6.07) is 20.0. The lowest BCUT2D eigenvalue weighted by atomic mass is 10.3. The van der Waals surface area contributed by atoms with Crippen LogP contribution in [0.3, 0.4) is 0 Å². The van der Waals surface area contributed by atoms with Crippen molar-refractivity contribution in [3.8, 4) is 17.2 Å². The number of fused-ring (bicyclic) bond motifs is 2. The molecule has 142 valence electrons. The van der Waals surface area contributed by atoms with E-state index < -0.39 is 0 Å². The van der Waals surface area contributed by atoms with Crippen LogP contribution < -0.4 is 4.90 Å². The van der Waals surface area contributed by atoms with Gasteiger partial charge in [-0.2, -0.15) is 9.78 Å². The molecule has 3 aromatic heterocycles. The van der Waals surface area contributed by atoms with Crippen molar-refractivity contribution in [3.05, 3.63) is 66.4 Å². The topological polar surface area (TPSA) is 93.3 Å². The molecule has 9 nitrogen and oxygen atoms in total. The fourth-order valence-electron chi connectivity index (χ4n) is 3.74. The Bertz CT molecular complexity index is 1270. The molecule has 4 heterocycles. The number of hydrogen-bond donors (Lipinski definition) is 1. The lowest BCUT2D eigenvalue weighted by molar-refractivity contribution is 0.511. The van der Waals surface area contributed by atoms with Crippen LogP contribution in [0.2, 0.25) is 0 Å². The van der Waals surface area contributed by atoms with Gasteiger partial charge in [0.25, 0.3) is 5.95 Å². The Hall–Kier alpha value is -4.01. The molecule has 0 atom stereocenters. The highest BCUT2D eigenvalue weighted by Crippen LogP contribution is 2.25. The summed E-state index contributed by atoms with van der Waals surface area (Å²) in [4.78, 5) is 10.2. The molecule has 5 aromatic rings. The molecule has 0 bridgehead atoms. The molecule has 0 saturated heterocycles. The molecule has 0 saturated carbocycles. The minimum atomic E-state index is 0.681. The number of aromatic amines is 1. The highest BCUT2D eigenvalue weighted by Gasteiger charge is 2.24. The minimum absolute atomic E-state index is 0.681. The van der Waals surface area contributed by atoms with Gasteiger partial charge in [0, 0.05) is 6.54 Å². The predicted octanol–water partition coefficient (Wildman–Crippen LogP) is 2.42. The number of benzene rings is 2. The van der Waals surface area contributed by atoms with E-state index in [2.05, 4.69) is 36.5 Å². The normalized spacial score (nSPS) is 13.7. The minimum Gasteiger partial charge on any atom is -0.337 e. The van der Waals surface area contributed by atoms with E-state index in [1.54, 1.807) is 4.68 Å². The van der Waals surface area contributed by atoms with Gasteiger partial charge in [-0.05, 0) is 40.8 Å². The number of imidazole rings is 1. The Kier molecular flexibility index (Phi) is 3.45. The fraction of sp³-hybridized carbons (Fsp3) is 0.150. The standard InChI is InChI=1S/C20H17N9/c1-2-6-14(7-3-1)29-20(23-25-26-29)27-10-11-28-15(13-27)12-18(24-28)19-21-16-8-4-5-9-17(16)22-19/h1-9,12H,10-11,13H2,(H,21,22). The molecule has 0 aliphatic carbocycles. The summed E-state index contributed by atoms with van der Waals surface area (Å²) in [5.74, 6) is 1.52. The third-order valence-corrected chi connectivity index (χ3v) is 5.17. The van der Waals surface area contributed by atoms with Crippen LogP contribution in [-0.4, -0.2) is 46.5 Å². The maximum atomic E-state index is 4.75. The van der Waals surface area contributed by atoms with E-state index in [1.165, 1.54) is 0 Å². The second kappa shape index (κ2) is 6.26. The number of para-hydroxylation sites is 3. The van der Waals surface area contributed by atoms with Crippen molar-refractivity contribution in [2.24, 2.45) is 0 Å². The SMILES string of the molecule is c1ccc(-n2nnnc2N2CCn3nc(-c4nc5ccccc5[nH]4)cc3C2)cc1. The van der Waals surface area contributed by atoms with Crippen LogP contribution in [-0.2, 0) is 13.1 Å². The lowest BCUT2D eigenvalue weighted by Crippen LogP contribution is -2.35. The van der Waals surface area contributed by atoms with Crippen LogP contribution in [0.25, 0.3) is 28.2 Å². The summed E-state index contributed by atoms with van der Waals surface area (Å²) >= 11 is 0. The number of rotatable bonds is 3. The van der Waals surface area contributed by atoms with Gasteiger partial charge in [0.2, 0.25) is 0 Å². The van der Waals surface area contributed by atoms with E-state index in [-0.39, 0.29) is 0 Å². The quantitative estimate of drug-likeness (QED) is 0.514. The van der Waals surface area contributed by atoms with Crippen molar-refractivity contribution in [2.75, 3.05) is 11.4 Å². The van der Waals surface area contributed by atoms with Gasteiger partial charge in [0.1, 0.15) is 5.69 Å². The number of nitrogens with zero attached hydrogens (tertiary/aromatic N) is 8. The van der Waals surface area contributed by atoms with E-state index in [0.717, 1.165) is 53.0 Å². The van der Waals surface area contributed by atoms with E-state index in [4.69, 9.17) is 5.10 Å². The van der Waals surface area contributed by atoms with Crippen LogP contribution >= 0.6 is 0 Å². The molecule has 1 aliphatic heterocycles. The molecule has 0 unspecified atom stereocenters. The molecule has 6 rings (SSSR count). The third-order valence-electron chi connectivity index (χ3n) is 5.17. The maximum Gasteiger partial charge on any atom is 0.250 e. The smallest absolute Gasteiger partial charge is 0.250 e. The third kappa shape index (κ3) is 2.66. The summed E-state index contributed by atoms with van der Waals surface area (Å²) in [7, 11) is 0. The lowest BCUT2D eigenvalue weighted by Gasteiger charge is -2.27. The van der Waals surface area contributed by atoms with Crippen LogP contribution in [0.5, 0.6) is 0 Å². The molecular formula is C20H17N9. The van der Waals surface area contributed by atoms with Crippen LogP contribution in [0.4, 0.5) is 5.95 Å². The summed E-state index contributed by atoms with van der Waals surface area (Å²) in [6.45, 7) is 2.22. The van der Waals surface area contributed by atoms with Gasteiger partial charge < -0.3 is 9.88 Å². The molecule has 1 N–H and O–H groups in total. The largest absolute Gasteiger partial charge is 0.337 e. The van der Waals surface area contributed by atoms with Crippen LogP contribution in [0, 0.1) is 0 Å². The monoisotopic (exact) mass is 383 g/mol. The molecule has 2 aromatic carbocycles. The summed E-state index contributed by atoms with van der Waals surface area (Å²) in [5, 5.41) is 17.1. The number of anilines is 1. The number of aromatic nitrogens is 8. The fourth-order valence-corrected chi connectivity index (χ4v) is 3.74. The first-order valence-corrected chi connectivity index (χ1v) is 9.46. The average Bonchev–Trinajstić information content (AvgIpc) is 3.50. The molecule has 0 radical (unpaired) electrons.